The second kappa shape index (κ2) is 3.23. The predicted octanol–water partition coefficient (Wildman–Crippen LogP) is 0.162. The minimum atomic E-state index is -0.682. The summed E-state index contributed by atoms with van der Waals surface area (Å²) >= 11 is 0. The van der Waals surface area contributed by atoms with Gasteiger partial charge in [0.15, 0.2) is 11.5 Å². The first-order valence-electron chi connectivity index (χ1n) is 5.65. The number of hydrogen-bond acceptors (Lipinski definition) is 6. The van der Waals surface area contributed by atoms with Crippen molar-refractivity contribution in [2.75, 3.05) is 0 Å². The van der Waals surface area contributed by atoms with E-state index in [-0.39, 0.29) is 32.8 Å². The lowest BCUT2D eigenvalue weighted by Crippen LogP contribution is -2.11. The number of hydrogen-bond donors (Lipinski definition) is 4. The lowest BCUT2D eigenvalue weighted by atomic mass is 10.0. The number of rotatable bonds is 0. The molecule has 20 heavy (non-hydrogen) atoms. The van der Waals surface area contributed by atoms with Crippen LogP contribution in [-0.4, -0.2) is 30.1 Å². The summed E-state index contributed by atoms with van der Waals surface area (Å²) in [6.07, 6.45) is 2.36. The third-order valence-electron chi connectivity index (χ3n) is 3.36. The number of aromatic amines is 2. The molecule has 2 aromatic carbocycles. The van der Waals surface area contributed by atoms with Crippen molar-refractivity contribution >= 4 is 32.8 Å². The molecule has 0 fully saturated rings. The van der Waals surface area contributed by atoms with Crippen LogP contribution >= 0.6 is 0 Å². The van der Waals surface area contributed by atoms with E-state index < -0.39 is 22.4 Å². The maximum atomic E-state index is 12.1. The van der Waals surface area contributed by atoms with Gasteiger partial charge in [-0.1, -0.05) is 0 Å². The fourth-order valence-corrected chi connectivity index (χ4v) is 2.49. The SMILES string of the molecule is O=c1c(O)c2[nH]cnc3c(=O)c(O)c4[nH]cnc1c4c23. The fraction of sp³-hybridized carbons (Fsp3) is 0. The van der Waals surface area contributed by atoms with Crippen molar-refractivity contribution in [3.05, 3.63) is 33.1 Å². The van der Waals surface area contributed by atoms with Crippen LogP contribution in [0.1, 0.15) is 0 Å². The molecular formula is C12H6N4O4. The van der Waals surface area contributed by atoms with E-state index in [9.17, 15) is 19.8 Å². The minimum Gasteiger partial charge on any atom is -0.503 e. The molecule has 0 amide bonds. The van der Waals surface area contributed by atoms with E-state index in [2.05, 4.69) is 19.9 Å². The second-order valence-corrected chi connectivity index (χ2v) is 4.36. The zero-order valence-electron chi connectivity index (χ0n) is 9.76. The number of benzene rings is 2. The molecule has 4 rings (SSSR count). The summed E-state index contributed by atoms with van der Waals surface area (Å²) in [7, 11) is 0. The first-order chi connectivity index (χ1) is 9.61. The van der Waals surface area contributed by atoms with Crippen LogP contribution in [0.5, 0.6) is 11.5 Å². The molecule has 2 aromatic heterocycles. The topological polar surface area (TPSA) is 132 Å². The molecule has 8 nitrogen and oxygen atoms in total. The van der Waals surface area contributed by atoms with E-state index in [0.29, 0.717) is 0 Å². The number of phenols is 2. The number of aromatic hydroxyl groups is 2. The molecule has 0 unspecified atom stereocenters. The van der Waals surface area contributed by atoms with Gasteiger partial charge in [-0.05, 0) is 0 Å². The first kappa shape index (κ1) is 10.7. The summed E-state index contributed by atoms with van der Waals surface area (Å²) in [5.74, 6) is -1.06. The summed E-state index contributed by atoms with van der Waals surface area (Å²) in [5, 5.41) is 20.4. The second-order valence-electron chi connectivity index (χ2n) is 4.36. The Morgan fingerprint density at radius 3 is 1.60 bits per heavy atom. The monoisotopic (exact) mass is 270 g/mol. The van der Waals surface area contributed by atoms with Crippen molar-refractivity contribution in [1.29, 1.82) is 0 Å². The van der Waals surface area contributed by atoms with Gasteiger partial charge in [-0.2, -0.15) is 0 Å². The molecule has 4 aromatic rings. The van der Waals surface area contributed by atoms with Gasteiger partial charge in [0, 0.05) is 10.8 Å². The molecule has 0 aliphatic rings. The van der Waals surface area contributed by atoms with Gasteiger partial charge in [0.1, 0.15) is 11.0 Å². The Balaban J connectivity index is 2.62. The molecule has 4 N–H and O–H groups in total. The molecule has 0 saturated carbocycles. The summed E-state index contributed by atoms with van der Waals surface area (Å²) in [6, 6.07) is 0. The summed E-state index contributed by atoms with van der Waals surface area (Å²) < 4.78 is 0. The highest BCUT2D eigenvalue weighted by molar-refractivity contribution is 6.22. The Labute approximate surface area is 108 Å². The van der Waals surface area contributed by atoms with Gasteiger partial charge in [-0.25, -0.2) is 9.97 Å². The van der Waals surface area contributed by atoms with Gasteiger partial charge in [-0.15, -0.1) is 0 Å². The molecule has 8 heteroatoms. The molecule has 2 heterocycles. The molecular weight excluding hydrogens is 264 g/mol. The van der Waals surface area contributed by atoms with Gasteiger partial charge in [0.05, 0.1) is 23.7 Å². The van der Waals surface area contributed by atoms with Crippen molar-refractivity contribution < 1.29 is 10.2 Å². The van der Waals surface area contributed by atoms with E-state index in [0.717, 1.165) is 0 Å². The van der Waals surface area contributed by atoms with E-state index in [1.54, 1.807) is 0 Å². The Morgan fingerprint density at radius 1 is 0.800 bits per heavy atom. The lowest BCUT2D eigenvalue weighted by molar-refractivity contribution is 0.474. The highest BCUT2D eigenvalue weighted by atomic mass is 16.3. The minimum absolute atomic E-state index is 0.0366. The molecule has 0 aliphatic heterocycles. The van der Waals surface area contributed by atoms with Crippen molar-refractivity contribution in [3.8, 4) is 11.5 Å². The number of nitrogens with zero attached hydrogens (tertiary/aromatic N) is 2. The third kappa shape index (κ3) is 1.02. The van der Waals surface area contributed by atoms with Crippen LogP contribution in [0.4, 0.5) is 0 Å². The maximum Gasteiger partial charge on any atom is 0.248 e. The van der Waals surface area contributed by atoms with Crippen LogP contribution in [0, 0.1) is 0 Å². The molecule has 0 radical (unpaired) electrons. The van der Waals surface area contributed by atoms with E-state index in [1.165, 1.54) is 12.7 Å². The number of phenolic OH excluding ortho intramolecular Hbond substituents is 2. The van der Waals surface area contributed by atoms with Crippen LogP contribution in [-0.2, 0) is 0 Å². The third-order valence-corrected chi connectivity index (χ3v) is 3.36. The van der Waals surface area contributed by atoms with Crippen molar-refractivity contribution in [2.24, 2.45) is 0 Å². The van der Waals surface area contributed by atoms with Gasteiger partial charge >= 0.3 is 0 Å². The van der Waals surface area contributed by atoms with Gasteiger partial charge < -0.3 is 20.2 Å². The summed E-state index contributed by atoms with van der Waals surface area (Å²) in [4.78, 5) is 37.2. The zero-order chi connectivity index (χ0) is 14.0. The normalized spacial score (nSPS) is 11.8. The largest absolute Gasteiger partial charge is 0.503 e. The Bertz CT molecular complexity index is 1020. The van der Waals surface area contributed by atoms with Gasteiger partial charge in [0.2, 0.25) is 10.9 Å². The average Bonchev–Trinajstić information content (AvgIpc) is 2.48. The highest BCUT2D eigenvalue weighted by Crippen LogP contribution is 2.33. The highest BCUT2D eigenvalue weighted by Gasteiger charge is 2.22. The fourth-order valence-electron chi connectivity index (χ4n) is 2.49. The molecule has 0 bridgehead atoms. The van der Waals surface area contributed by atoms with Crippen molar-refractivity contribution in [3.63, 3.8) is 0 Å². The van der Waals surface area contributed by atoms with Crippen LogP contribution in [0.2, 0.25) is 0 Å². The Morgan fingerprint density at radius 2 is 1.20 bits per heavy atom. The molecule has 0 atom stereocenters. The van der Waals surface area contributed by atoms with Crippen LogP contribution in [0.15, 0.2) is 22.2 Å². The van der Waals surface area contributed by atoms with Crippen molar-refractivity contribution in [2.45, 2.75) is 0 Å². The quantitative estimate of drug-likeness (QED) is 0.336. The summed E-state index contributed by atoms with van der Waals surface area (Å²) in [6.45, 7) is 0. The number of nitrogens with one attached hydrogen (secondary N) is 2. The average molecular weight is 270 g/mol. The van der Waals surface area contributed by atoms with Crippen LogP contribution in [0.25, 0.3) is 32.8 Å². The predicted molar refractivity (Wildman–Crippen MR) is 70.3 cm³/mol. The smallest absolute Gasteiger partial charge is 0.248 e. The molecule has 0 spiro atoms. The Hall–Kier alpha value is -3.16. The Kier molecular flexibility index (Phi) is 1.74. The zero-order valence-corrected chi connectivity index (χ0v) is 9.76. The van der Waals surface area contributed by atoms with E-state index in [4.69, 9.17) is 0 Å². The molecule has 0 aliphatic carbocycles. The van der Waals surface area contributed by atoms with Crippen LogP contribution < -0.4 is 10.9 Å². The molecule has 98 valence electrons. The number of aromatic nitrogens is 4. The summed E-state index contributed by atoms with van der Waals surface area (Å²) in [5.41, 5.74) is -1.25. The maximum absolute atomic E-state index is 12.1. The van der Waals surface area contributed by atoms with E-state index >= 15 is 0 Å². The lowest BCUT2D eigenvalue weighted by Gasteiger charge is -2.10. The van der Waals surface area contributed by atoms with Gasteiger partial charge in [0.25, 0.3) is 0 Å². The van der Waals surface area contributed by atoms with Crippen LogP contribution in [0.3, 0.4) is 0 Å². The molecule has 0 saturated heterocycles. The first-order valence-corrected chi connectivity index (χ1v) is 5.65. The van der Waals surface area contributed by atoms with E-state index in [1.807, 2.05) is 0 Å². The number of H-pyrrole nitrogens is 2. The standard InChI is InChI=1S/C12H6N4O4/c17-9-5-3-4-7(11(9)19)15-2-16-8(4)12(20)10(18)6(3)14-1-13-5/h1-2,17,20H,(H,13,14)(H,15,16). The van der Waals surface area contributed by atoms with Gasteiger partial charge in [-0.3, -0.25) is 9.59 Å². The van der Waals surface area contributed by atoms with Crippen molar-refractivity contribution in [1.82, 2.24) is 19.9 Å².